The third-order valence-corrected chi connectivity index (χ3v) is 3.86. The first kappa shape index (κ1) is 13.5. The molecular weight excluding hydrogens is 224 g/mol. The van der Waals surface area contributed by atoms with Crippen molar-refractivity contribution in [3.63, 3.8) is 0 Å². The molecule has 2 heterocycles. The molecule has 0 saturated heterocycles. The third-order valence-electron chi connectivity index (χ3n) is 3.86. The molecule has 0 bridgehead atoms. The summed E-state index contributed by atoms with van der Waals surface area (Å²) in [7, 11) is 4.25. The first-order chi connectivity index (χ1) is 8.63. The normalized spacial score (nSPS) is 22.6. The molecule has 0 aromatic carbocycles. The van der Waals surface area contributed by atoms with Gasteiger partial charge in [-0.3, -0.25) is 4.79 Å². The standard InChI is InChI=1S/C15H24N2O/c1-16-7-3-13(4-8-16)11-15(18)12-14-5-9-17(2)10-6-14/h3,5H,4,6-12H2,1-2H3. The van der Waals surface area contributed by atoms with E-state index in [9.17, 15) is 4.79 Å². The Kier molecular flexibility index (Phi) is 4.72. The van der Waals surface area contributed by atoms with Gasteiger partial charge in [0, 0.05) is 39.0 Å². The van der Waals surface area contributed by atoms with Crippen molar-refractivity contribution in [1.82, 2.24) is 9.80 Å². The molecule has 0 amide bonds. The lowest BCUT2D eigenvalue weighted by Crippen LogP contribution is -2.25. The van der Waals surface area contributed by atoms with Gasteiger partial charge in [0.2, 0.25) is 0 Å². The number of nitrogens with zero attached hydrogens (tertiary/aromatic N) is 2. The molecule has 0 aromatic rings. The fourth-order valence-corrected chi connectivity index (χ4v) is 2.52. The molecule has 3 nitrogen and oxygen atoms in total. The summed E-state index contributed by atoms with van der Waals surface area (Å²) in [5.41, 5.74) is 2.68. The van der Waals surface area contributed by atoms with Crippen LogP contribution in [0.5, 0.6) is 0 Å². The Labute approximate surface area is 110 Å². The van der Waals surface area contributed by atoms with Crippen LogP contribution in [0.1, 0.15) is 25.7 Å². The van der Waals surface area contributed by atoms with Crippen LogP contribution in [0.2, 0.25) is 0 Å². The quantitative estimate of drug-likeness (QED) is 0.710. The van der Waals surface area contributed by atoms with Gasteiger partial charge >= 0.3 is 0 Å². The van der Waals surface area contributed by atoms with Crippen LogP contribution in [0, 0.1) is 0 Å². The Morgan fingerprint density at radius 2 is 1.44 bits per heavy atom. The van der Waals surface area contributed by atoms with Crippen molar-refractivity contribution >= 4 is 5.78 Å². The van der Waals surface area contributed by atoms with E-state index < -0.39 is 0 Å². The maximum Gasteiger partial charge on any atom is 0.140 e. The minimum Gasteiger partial charge on any atom is -0.302 e. The number of carbonyl (C=O) groups is 1. The topological polar surface area (TPSA) is 23.6 Å². The number of likely N-dealkylation sites (N-methyl/N-ethyl adjacent to an activating group) is 2. The molecule has 0 radical (unpaired) electrons. The molecule has 0 atom stereocenters. The van der Waals surface area contributed by atoms with E-state index in [1.54, 1.807) is 0 Å². The second-order valence-corrected chi connectivity index (χ2v) is 5.64. The van der Waals surface area contributed by atoms with E-state index >= 15 is 0 Å². The highest BCUT2D eigenvalue weighted by molar-refractivity contribution is 5.83. The van der Waals surface area contributed by atoms with Gasteiger partial charge in [-0.25, -0.2) is 0 Å². The predicted molar refractivity (Wildman–Crippen MR) is 74.6 cm³/mol. The number of hydrogen-bond donors (Lipinski definition) is 0. The van der Waals surface area contributed by atoms with Crippen molar-refractivity contribution in [1.29, 1.82) is 0 Å². The van der Waals surface area contributed by atoms with Crippen LogP contribution < -0.4 is 0 Å². The van der Waals surface area contributed by atoms with Gasteiger partial charge in [-0.05, 0) is 26.9 Å². The van der Waals surface area contributed by atoms with Gasteiger partial charge in [0.25, 0.3) is 0 Å². The van der Waals surface area contributed by atoms with E-state index in [1.165, 1.54) is 11.1 Å². The number of Topliss-reactive ketones (excluding diaryl/α,β-unsaturated/α-hetero) is 1. The Bertz CT molecular complexity index is 337. The van der Waals surface area contributed by atoms with E-state index in [4.69, 9.17) is 0 Å². The lowest BCUT2D eigenvalue weighted by molar-refractivity contribution is -0.117. The Morgan fingerprint density at radius 3 is 1.78 bits per heavy atom. The average Bonchev–Trinajstić information content (AvgIpc) is 2.35. The monoisotopic (exact) mass is 248 g/mol. The van der Waals surface area contributed by atoms with Crippen LogP contribution >= 0.6 is 0 Å². The molecule has 0 saturated carbocycles. The van der Waals surface area contributed by atoms with E-state index in [0.717, 1.165) is 39.0 Å². The van der Waals surface area contributed by atoms with Gasteiger partial charge in [-0.2, -0.15) is 0 Å². The number of hydrogen-bond acceptors (Lipinski definition) is 3. The zero-order chi connectivity index (χ0) is 13.0. The van der Waals surface area contributed by atoms with Crippen molar-refractivity contribution in [3.05, 3.63) is 23.3 Å². The molecule has 0 unspecified atom stereocenters. The van der Waals surface area contributed by atoms with Crippen molar-refractivity contribution in [2.75, 3.05) is 40.3 Å². The lowest BCUT2D eigenvalue weighted by atomic mass is 9.96. The summed E-state index contributed by atoms with van der Waals surface area (Å²) in [6.07, 6.45) is 7.91. The third kappa shape index (κ3) is 4.07. The van der Waals surface area contributed by atoms with Crippen LogP contribution in [0.15, 0.2) is 23.3 Å². The van der Waals surface area contributed by atoms with Crippen LogP contribution in [-0.2, 0) is 4.79 Å². The molecule has 0 fully saturated rings. The Hall–Kier alpha value is -0.930. The van der Waals surface area contributed by atoms with E-state index in [1.807, 2.05) is 0 Å². The molecule has 2 aliphatic heterocycles. The number of ketones is 1. The van der Waals surface area contributed by atoms with E-state index in [2.05, 4.69) is 36.0 Å². The molecule has 0 aliphatic carbocycles. The molecule has 100 valence electrons. The largest absolute Gasteiger partial charge is 0.302 e. The summed E-state index contributed by atoms with van der Waals surface area (Å²) >= 11 is 0. The second kappa shape index (κ2) is 6.30. The van der Waals surface area contributed by atoms with Gasteiger partial charge < -0.3 is 9.80 Å². The van der Waals surface area contributed by atoms with Crippen LogP contribution in [0.4, 0.5) is 0 Å². The minimum atomic E-state index is 0.390. The SMILES string of the molecule is CN1CC=C(CC(=O)CC2=CCN(C)CC2)CC1. The summed E-state index contributed by atoms with van der Waals surface area (Å²) in [4.78, 5) is 16.6. The van der Waals surface area contributed by atoms with Crippen LogP contribution in [-0.4, -0.2) is 55.9 Å². The smallest absolute Gasteiger partial charge is 0.140 e. The fourth-order valence-electron chi connectivity index (χ4n) is 2.52. The number of rotatable bonds is 4. The van der Waals surface area contributed by atoms with Gasteiger partial charge in [-0.1, -0.05) is 23.3 Å². The highest BCUT2D eigenvalue weighted by Crippen LogP contribution is 2.18. The summed E-state index contributed by atoms with van der Waals surface area (Å²) < 4.78 is 0. The zero-order valence-corrected chi connectivity index (χ0v) is 11.6. The first-order valence-electron chi connectivity index (χ1n) is 6.88. The van der Waals surface area contributed by atoms with Crippen molar-refractivity contribution < 1.29 is 4.79 Å². The van der Waals surface area contributed by atoms with Gasteiger partial charge in [0.1, 0.15) is 5.78 Å². The van der Waals surface area contributed by atoms with Gasteiger partial charge in [0.05, 0.1) is 0 Å². The summed E-state index contributed by atoms with van der Waals surface area (Å²) in [6, 6.07) is 0. The predicted octanol–water partition coefficient (Wildman–Crippen LogP) is 1.86. The molecule has 18 heavy (non-hydrogen) atoms. The molecule has 0 N–H and O–H groups in total. The fraction of sp³-hybridized carbons (Fsp3) is 0.667. The average molecular weight is 248 g/mol. The number of carbonyl (C=O) groups excluding carboxylic acids is 1. The van der Waals surface area contributed by atoms with E-state index in [0.29, 0.717) is 18.6 Å². The minimum absolute atomic E-state index is 0.390. The molecule has 2 rings (SSSR count). The van der Waals surface area contributed by atoms with Crippen LogP contribution in [0.25, 0.3) is 0 Å². The Balaban J connectivity index is 1.79. The summed E-state index contributed by atoms with van der Waals surface area (Å²) in [5.74, 6) is 0.390. The first-order valence-corrected chi connectivity index (χ1v) is 6.88. The second-order valence-electron chi connectivity index (χ2n) is 5.64. The molecule has 3 heteroatoms. The highest BCUT2D eigenvalue weighted by Gasteiger charge is 2.14. The van der Waals surface area contributed by atoms with Crippen molar-refractivity contribution in [3.8, 4) is 0 Å². The van der Waals surface area contributed by atoms with Gasteiger partial charge in [0.15, 0.2) is 0 Å². The summed E-state index contributed by atoms with van der Waals surface area (Å²) in [6.45, 7) is 4.17. The molecule has 0 spiro atoms. The zero-order valence-electron chi connectivity index (χ0n) is 11.6. The van der Waals surface area contributed by atoms with Crippen molar-refractivity contribution in [2.45, 2.75) is 25.7 Å². The maximum atomic E-state index is 12.0. The highest BCUT2D eigenvalue weighted by atomic mass is 16.1. The molecule has 0 aromatic heterocycles. The van der Waals surface area contributed by atoms with Crippen molar-refractivity contribution in [2.24, 2.45) is 0 Å². The lowest BCUT2D eigenvalue weighted by Gasteiger charge is -2.23. The summed E-state index contributed by atoms with van der Waals surface area (Å²) in [5, 5.41) is 0. The van der Waals surface area contributed by atoms with Gasteiger partial charge in [-0.15, -0.1) is 0 Å². The van der Waals surface area contributed by atoms with Crippen LogP contribution in [0.3, 0.4) is 0 Å². The molecule has 2 aliphatic rings. The van der Waals surface area contributed by atoms with E-state index in [-0.39, 0.29) is 0 Å². The Morgan fingerprint density at radius 1 is 1.00 bits per heavy atom. The maximum absolute atomic E-state index is 12.0. The molecular formula is C15H24N2O.